The summed E-state index contributed by atoms with van der Waals surface area (Å²) >= 11 is 6.17. The Labute approximate surface area is 232 Å². The Morgan fingerprint density at radius 3 is 2.21 bits per heavy atom. The van der Waals surface area contributed by atoms with Crippen LogP contribution in [-0.2, 0) is 19.9 Å². The van der Waals surface area contributed by atoms with Crippen LogP contribution in [0, 0.1) is 13.8 Å². The SMILES string of the molecule is COc1ccc(S(=O)(=O)NCCCNC(=O)c2[nH]c3ccc(Cl)cc3c2S(=O)(=O)c2cc(C)cc(C)c2)cc1. The first kappa shape index (κ1) is 28.6. The lowest BCUT2D eigenvalue weighted by atomic mass is 10.2. The van der Waals surface area contributed by atoms with Gasteiger partial charge in [0, 0.05) is 29.0 Å². The quantitative estimate of drug-likeness (QED) is 0.235. The van der Waals surface area contributed by atoms with Gasteiger partial charge in [-0.2, -0.15) is 0 Å². The number of aryl methyl sites for hydroxylation is 2. The highest BCUT2D eigenvalue weighted by atomic mass is 35.5. The number of H-pyrrole nitrogens is 1. The molecule has 1 aromatic heterocycles. The Morgan fingerprint density at radius 2 is 1.56 bits per heavy atom. The van der Waals surface area contributed by atoms with Crippen LogP contribution in [-0.4, -0.2) is 47.9 Å². The van der Waals surface area contributed by atoms with E-state index in [1.54, 1.807) is 50.2 Å². The Morgan fingerprint density at radius 1 is 0.897 bits per heavy atom. The van der Waals surface area contributed by atoms with Gasteiger partial charge in [0.05, 0.1) is 16.9 Å². The third-order valence-corrected chi connectivity index (χ3v) is 9.55. The number of amides is 1. The summed E-state index contributed by atoms with van der Waals surface area (Å²) < 4.78 is 60.1. The van der Waals surface area contributed by atoms with Gasteiger partial charge in [-0.05, 0) is 86.0 Å². The van der Waals surface area contributed by atoms with E-state index in [4.69, 9.17) is 16.3 Å². The third-order valence-electron chi connectivity index (χ3n) is 6.02. The van der Waals surface area contributed by atoms with Crippen LogP contribution in [0.1, 0.15) is 28.0 Å². The maximum Gasteiger partial charge on any atom is 0.269 e. The molecule has 0 spiro atoms. The molecule has 0 atom stereocenters. The summed E-state index contributed by atoms with van der Waals surface area (Å²) in [5.41, 5.74) is 1.87. The third kappa shape index (κ3) is 6.27. The molecule has 0 radical (unpaired) electrons. The molecular formula is C27H28ClN3O6S2. The van der Waals surface area contributed by atoms with Crippen molar-refractivity contribution in [2.75, 3.05) is 20.2 Å². The maximum atomic E-state index is 13.8. The molecule has 39 heavy (non-hydrogen) atoms. The zero-order valence-electron chi connectivity index (χ0n) is 21.5. The van der Waals surface area contributed by atoms with Crippen LogP contribution in [0.4, 0.5) is 0 Å². The minimum atomic E-state index is -4.10. The number of sulfone groups is 1. The average molecular weight is 590 g/mol. The van der Waals surface area contributed by atoms with E-state index in [0.29, 0.717) is 21.7 Å². The Balaban J connectivity index is 1.52. The van der Waals surface area contributed by atoms with E-state index < -0.39 is 25.8 Å². The number of carbonyl (C=O) groups excluding carboxylic acids is 1. The number of methoxy groups -OCH3 is 1. The molecule has 12 heteroatoms. The van der Waals surface area contributed by atoms with E-state index in [1.807, 2.05) is 6.07 Å². The fourth-order valence-corrected chi connectivity index (χ4v) is 7.24. The molecule has 3 N–H and O–H groups in total. The Hall–Kier alpha value is -3.38. The van der Waals surface area contributed by atoms with Gasteiger partial charge in [-0.1, -0.05) is 17.7 Å². The van der Waals surface area contributed by atoms with Crippen molar-refractivity contribution < 1.29 is 26.4 Å². The molecule has 0 aliphatic rings. The molecule has 0 aliphatic carbocycles. The van der Waals surface area contributed by atoms with E-state index in [0.717, 1.165) is 11.1 Å². The van der Waals surface area contributed by atoms with E-state index >= 15 is 0 Å². The van der Waals surface area contributed by atoms with Gasteiger partial charge >= 0.3 is 0 Å². The molecule has 9 nitrogen and oxygen atoms in total. The largest absolute Gasteiger partial charge is 0.497 e. The normalized spacial score (nSPS) is 12.0. The van der Waals surface area contributed by atoms with E-state index in [2.05, 4.69) is 15.0 Å². The lowest BCUT2D eigenvalue weighted by molar-refractivity contribution is 0.0946. The number of benzene rings is 3. The molecule has 0 aliphatic heterocycles. The minimum Gasteiger partial charge on any atom is -0.497 e. The number of rotatable bonds is 10. The maximum absolute atomic E-state index is 13.8. The highest BCUT2D eigenvalue weighted by molar-refractivity contribution is 7.91. The second-order valence-electron chi connectivity index (χ2n) is 9.03. The van der Waals surface area contributed by atoms with E-state index in [1.165, 1.54) is 25.3 Å². The number of halogens is 1. The van der Waals surface area contributed by atoms with Gasteiger partial charge in [0.1, 0.15) is 16.3 Å². The first-order valence-electron chi connectivity index (χ1n) is 12.0. The van der Waals surface area contributed by atoms with Gasteiger partial charge < -0.3 is 15.0 Å². The smallest absolute Gasteiger partial charge is 0.269 e. The molecule has 0 saturated heterocycles. The molecule has 0 unspecified atom stereocenters. The predicted molar refractivity (Wildman–Crippen MR) is 150 cm³/mol. The number of carbonyl (C=O) groups is 1. The standard InChI is InChI=1S/C27H28ClN3O6S2/c1-17-13-18(2)15-22(14-17)38(33,34)26-23-16-19(28)5-10-24(23)31-25(26)27(32)29-11-4-12-30-39(35,36)21-8-6-20(37-3)7-9-21/h5-10,13-16,30-31H,4,11-12H2,1-3H3,(H,29,32). The zero-order chi connectivity index (χ0) is 28.4. The van der Waals surface area contributed by atoms with Crippen molar-refractivity contribution in [2.45, 2.75) is 35.0 Å². The summed E-state index contributed by atoms with van der Waals surface area (Å²) in [7, 11) is -6.35. The molecule has 206 valence electrons. The number of hydrogen-bond acceptors (Lipinski definition) is 6. The molecule has 0 bridgehead atoms. The van der Waals surface area contributed by atoms with Crippen LogP contribution in [0.2, 0.25) is 5.02 Å². The average Bonchev–Trinajstić information content (AvgIpc) is 3.27. The highest BCUT2D eigenvalue weighted by Crippen LogP contribution is 2.34. The van der Waals surface area contributed by atoms with Gasteiger partial charge in [-0.15, -0.1) is 0 Å². The van der Waals surface area contributed by atoms with Crippen LogP contribution < -0.4 is 14.8 Å². The number of aromatic nitrogens is 1. The second-order valence-corrected chi connectivity index (χ2v) is 13.1. The summed E-state index contributed by atoms with van der Waals surface area (Å²) in [4.78, 5) is 16.1. The topological polar surface area (TPSA) is 134 Å². The summed E-state index contributed by atoms with van der Waals surface area (Å²) in [6, 6.07) is 15.7. The molecular weight excluding hydrogens is 562 g/mol. The second kappa shape index (κ2) is 11.4. The predicted octanol–water partition coefficient (Wildman–Crippen LogP) is 4.38. The summed E-state index contributed by atoms with van der Waals surface area (Å²) in [5.74, 6) is -0.0990. The fourth-order valence-electron chi connectivity index (χ4n) is 4.21. The van der Waals surface area contributed by atoms with Crippen molar-refractivity contribution >= 4 is 48.3 Å². The number of nitrogens with one attached hydrogen (secondary N) is 3. The number of aromatic amines is 1. The summed E-state index contributed by atoms with van der Waals surface area (Å²) in [6.07, 6.45) is 0.270. The molecule has 4 rings (SSSR count). The highest BCUT2D eigenvalue weighted by Gasteiger charge is 2.30. The van der Waals surface area contributed by atoms with Crippen LogP contribution in [0.15, 0.2) is 75.4 Å². The minimum absolute atomic E-state index is 0.0602. The van der Waals surface area contributed by atoms with Crippen molar-refractivity contribution in [3.05, 3.63) is 82.5 Å². The lowest BCUT2D eigenvalue weighted by Gasteiger charge is -2.10. The number of ether oxygens (including phenoxy) is 1. The van der Waals surface area contributed by atoms with Gasteiger partial charge in [-0.25, -0.2) is 21.6 Å². The molecule has 1 amide bonds. The monoisotopic (exact) mass is 589 g/mol. The molecule has 3 aromatic carbocycles. The van der Waals surface area contributed by atoms with Crippen molar-refractivity contribution in [3.63, 3.8) is 0 Å². The van der Waals surface area contributed by atoms with Crippen LogP contribution >= 0.6 is 11.6 Å². The number of hydrogen-bond donors (Lipinski definition) is 3. The molecule has 0 saturated carbocycles. The summed E-state index contributed by atoms with van der Waals surface area (Å²) in [5, 5.41) is 3.32. The fraction of sp³-hybridized carbons (Fsp3) is 0.222. The molecule has 4 aromatic rings. The first-order chi connectivity index (χ1) is 18.4. The van der Waals surface area contributed by atoms with Gasteiger partial charge in [0.15, 0.2) is 0 Å². The number of fused-ring (bicyclic) bond motifs is 1. The van der Waals surface area contributed by atoms with Crippen LogP contribution in [0.3, 0.4) is 0 Å². The van der Waals surface area contributed by atoms with Crippen LogP contribution in [0.5, 0.6) is 5.75 Å². The van der Waals surface area contributed by atoms with E-state index in [9.17, 15) is 21.6 Å². The lowest BCUT2D eigenvalue weighted by Crippen LogP contribution is -2.30. The van der Waals surface area contributed by atoms with E-state index in [-0.39, 0.29) is 39.9 Å². The Kier molecular flexibility index (Phi) is 8.36. The van der Waals surface area contributed by atoms with Crippen molar-refractivity contribution in [1.82, 2.24) is 15.0 Å². The summed E-state index contributed by atoms with van der Waals surface area (Å²) in [6.45, 7) is 3.76. The van der Waals surface area contributed by atoms with Crippen molar-refractivity contribution in [1.29, 1.82) is 0 Å². The van der Waals surface area contributed by atoms with Crippen molar-refractivity contribution in [3.8, 4) is 5.75 Å². The Bertz CT molecular complexity index is 1730. The van der Waals surface area contributed by atoms with Crippen molar-refractivity contribution in [2.24, 2.45) is 0 Å². The van der Waals surface area contributed by atoms with Gasteiger partial charge in [0.25, 0.3) is 5.91 Å². The molecule has 1 heterocycles. The van der Waals surface area contributed by atoms with Crippen LogP contribution in [0.25, 0.3) is 10.9 Å². The zero-order valence-corrected chi connectivity index (χ0v) is 23.9. The number of sulfonamides is 1. The van der Waals surface area contributed by atoms with Gasteiger partial charge in [0.2, 0.25) is 19.9 Å². The first-order valence-corrected chi connectivity index (χ1v) is 15.3. The van der Waals surface area contributed by atoms with Gasteiger partial charge in [-0.3, -0.25) is 4.79 Å². The molecule has 0 fully saturated rings.